The van der Waals surface area contributed by atoms with Gasteiger partial charge in [-0.25, -0.2) is 9.51 Å². The molecule has 0 amide bonds. The van der Waals surface area contributed by atoms with Crippen LogP contribution in [0.1, 0.15) is 36.8 Å². The smallest absolute Gasteiger partial charge is 0.156 e. The number of aliphatic hydroxyl groups excluding tert-OH is 1. The lowest BCUT2D eigenvalue weighted by Crippen LogP contribution is -2.40. The highest BCUT2D eigenvalue weighted by Crippen LogP contribution is 2.31. The summed E-state index contributed by atoms with van der Waals surface area (Å²) in [6, 6.07) is 27.3. The summed E-state index contributed by atoms with van der Waals surface area (Å²) in [5.74, 6) is 0.804. The Hall–Kier alpha value is -3.44. The van der Waals surface area contributed by atoms with Gasteiger partial charge in [-0.2, -0.15) is 5.10 Å². The molecule has 5 rings (SSSR count). The number of aliphatic imine (C=N–C) groups is 1. The molecule has 5 nitrogen and oxygen atoms in total. The molecule has 2 aromatic heterocycles. The molecule has 1 atom stereocenters. The molecular weight excluding hydrogens is 396 g/mol. The van der Waals surface area contributed by atoms with E-state index in [0.717, 1.165) is 53.2 Å². The van der Waals surface area contributed by atoms with E-state index < -0.39 is 0 Å². The molecule has 1 unspecified atom stereocenters. The van der Waals surface area contributed by atoms with Crippen molar-refractivity contribution in [3.8, 4) is 0 Å². The fraction of sp³-hybridized carbons (Fsp3) is 0.259. The molecule has 32 heavy (non-hydrogen) atoms. The lowest BCUT2D eigenvalue weighted by molar-refractivity contribution is 0.262. The Balaban J connectivity index is 1.65. The van der Waals surface area contributed by atoms with Crippen LogP contribution in [0.3, 0.4) is 0 Å². The second-order valence-corrected chi connectivity index (χ2v) is 8.29. The lowest BCUT2D eigenvalue weighted by Gasteiger charge is -2.37. The van der Waals surface area contributed by atoms with E-state index in [1.807, 2.05) is 53.2 Å². The summed E-state index contributed by atoms with van der Waals surface area (Å²) in [6.45, 7) is 1.22. The van der Waals surface area contributed by atoms with Crippen LogP contribution in [-0.4, -0.2) is 39.6 Å². The number of nitrogens with zero attached hydrogens (tertiary/aromatic N) is 4. The van der Waals surface area contributed by atoms with E-state index in [9.17, 15) is 5.11 Å². The zero-order chi connectivity index (χ0) is 21.8. The van der Waals surface area contributed by atoms with Crippen molar-refractivity contribution in [3.05, 3.63) is 96.2 Å². The van der Waals surface area contributed by atoms with Gasteiger partial charge in [0, 0.05) is 42.1 Å². The summed E-state index contributed by atoms with van der Waals surface area (Å²) in [7, 11) is 0. The Labute approximate surface area is 188 Å². The van der Waals surface area contributed by atoms with Crippen LogP contribution in [0, 0.1) is 0 Å². The number of aromatic nitrogens is 2. The van der Waals surface area contributed by atoms with Gasteiger partial charge in [-0.3, -0.25) is 0 Å². The molecule has 162 valence electrons. The van der Waals surface area contributed by atoms with Crippen molar-refractivity contribution >= 4 is 22.7 Å². The summed E-state index contributed by atoms with van der Waals surface area (Å²) < 4.78 is 1.90. The Morgan fingerprint density at radius 1 is 0.938 bits per heavy atom. The first-order chi connectivity index (χ1) is 15.8. The van der Waals surface area contributed by atoms with Crippen molar-refractivity contribution in [2.45, 2.75) is 31.7 Å². The Bertz CT molecular complexity index is 1160. The van der Waals surface area contributed by atoms with Gasteiger partial charge >= 0.3 is 0 Å². The minimum absolute atomic E-state index is 0.216. The van der Waals surface area contributed by atoms with Gasteiger partial charge in [0.1, 0.15) is 0 Å². The average Bonchev–Trinajstić information content (AvgIpc) is 3.33. The topological polar surface area (TPSA) is 53.1 Å². The van der Waals surface area contributed by atoms with Crippen LogP contribution in [0.4, 0.5) is 11.5 Å². The van der Waals surface area contributed by atoms with Crippen LogP contribution in [0.15, 0.2) is 90.1 Å². The van der Waals surface area contributed by atoms with E-state index in [4.69, 9.17) is 4.99 Å². The predicted molar refractivity (Wildman–Crippen MR) is 130 cm³/mol. The summed E-state index contributed by atoms with van der Waals surface area (Å²) in [6.07, 6.45) is 6.12. The van der Waals surface area contributed by atoms with Gasteiger partial charge in [0.05, 0.1) is 17.4 Å². The highest BCUT2D eigenvalue weighted by atomic mass is 16.3. The van der Waals surface area contributed by atoms with Crippen LogP contribution in [0.2, 0.25) is 0 Å². The third-order valence-electron chi connectivity index (χ3n) is 6.20. The van der Waals surface area contributed by atoms with Gasteiger partial charge in [0.15, 0.2) is 5.82 Å². The molecule has 1 aliphatic heterocycles. The first kappa shape index (κ1) is 20.5. The fourth-order valence-corrected chi connectivity index (χ4v) is 4.64. The summed E-state index contributed by atoms with van der Waals surface area (Å²) >= 11 is 0. The maximum absolute atomic E-state index is 9.58. The molecule has 0 aliphatic carbocycles. The number of anilines is 1. The number of aliphatic hydroxyl groups is 1. The first-order valence-electron chi connectivity index (χ1n) is 11.4. The third kappa shape index (κ3) is 4.16. The molecule has 4 aromatic rings. The highest BCUT2D eigenvalue weighted by molar-refractivity contribution is 6.13. The molecule has 0 spiro atoms. The van der Waals surface area contributed by atoms with Crippen molar-refractivity contribution in [2.24, 2.45) is 4.99 Å². The Morgan fingerprint density at radius 2 is 1.66 bits per heavy atom. The minimum Gasteiger partial charge on any atom is -0.396 e. The van der Waals surface area contributed by atoms with E-state index in [1.165, 1.54) is 12.8 Å². The molecule has 1 saturated heterocycles. The van der Waals surface area contributed by atoms with Crippen molar-refractivity contribution in [1.29, 1.82) is 0 Å². The van der Waals surface area contributed by atoms with Crippen molar-refractivity contribution < 1.29 is 5.11 Å². The lowest BCUT2D eigenvalue weighted by atomic mass is 9.99. The summed E-state index contributed by atoms with van der Waals surface area (Å²) in [5, 5.41) is 14.1. The monoisotopic (exact) mass is 424 g/mol. The van der Waals surface area contributed by atoms with Crippen molar-refractivity contribution in [2.75, 3.05) is 18.1 Å². The second-order valence-electron chi connectivity index (χ2n) is 8.29. The van der Waals surface area contributed by atoms with E-state index in [0.29, 0.717) is 6.04 Å². The summed E-state index contributed by atoms with van der Waals surface area (Å²) in [4.78, 5) is 7.61. The summed E-state index contributed by atoms with van der Waals surface area (Å²) in [5.41, 5.74) is 5.23. The number of benzene rings is 2. The van der Waals surface area contributed by atoms with Crippen LogP contribution in [-0.2, 0) is 0 Å². The number of fused-ring (bicyclic) bond motifs is 1. The number of hydrogen-bond donors (Lipinski definition) is 1. The molecule has 3 heterocycles. The van der Waals surface area contributed by atoms with Crippen LogP contribution >= 0.6 is 0 Å². The SMILES string of the molecule is OCCC1CCCCN1c1cc(N=C(c2ccccc2)c2ccccc2)n2nccc2c1. The number of hydrogen-bond acceptors (Lipinski definition) is 4. The van der Waals surface area contributed by atoms with Gasteiger partial charge in [-0.1, -0.05) is 60.7 Å². The first-order valence-corrected chi connectivity index (χ1v) is 11.4. The number of piperidine rings is 1. The van der Waals surface area contributed by atoms with Gasteiger partial charge in [0.2, 0.25) is 0 Å². The molecule has 0 saturated carbocycles. The van der Waals surface area contributed by atoms with E-state index in [2.05, 4.69) is 46.4 Å². The quantitative estimate of drug-likeness (QED) is 0.431. The maximum Gasteiger partial charge on any atom is 0.156 e. The van der Waals surface area contributed by atoms with Crippen LogP contribution in [0.25, 0.3) is 5.52 Å². The zero-order valence-electron chi connectivity index (χ0n) is 18.1. The minimum atomic E-state index is 0.216. The Morgan fingerprint density at radius 3 is 2.34 bits per heavy atom. The molecule has 2 aromatic carbocycles. The maximum atomic E-state index is 9.58. The van der Waals surface area contributed by atoms with Crippen molar-refractivity contribution in [3.63, 3.8) is 0 Å². The van der Waals surface area contributed by atoms with Crippen LogP contribution in [0.5, 0.6) is 0 Å². The largest absolute Gasteiger partial charge is 0.396 e. The molecule has 0 radical (unpaired) electrons. The average molecular weight is 425 g/mol. The van der Waals surface area contributed by atoms with E-state index in [-0.39, 0.29) is 6.61 Å². The molecule has 1 aliphatic rings. The number of pyridine rings is 1. The van der Waals surface area contributed by atoms with Gasteiger partial charge < -0.3 is 10.0 Å². The van der Waals surface area contributed by atoms with Gasteiger partial charge in [-0.15, -0.1) is 0 Å². The third-order valence-corrected chi connectivity index (χ3v) is 6.20. The molecule has 1 N–H and O–H groups in total. The molecule has 5 heteroatoms. The molecular formula is C27H28N4O. The van der Waals surface area contributed by atoms with E-state index in [1.54, 1.807) is 0 Å². The van der Waals surface area contributed by atoms with Gasteiger partial charge in [-0.05, 0) is 37.8 Å². The predicted octanol–water partition coefficient (Wildman–Crippen LogP) is 5.24. The van der Waals surface area contributed by atoms with Gasteiger partial charge in [0.25, 0.3) is 0 Å². The number of rotatable bonds is 6. The van der Waals surface area contributed by atoms with E-state index >= 15 is 0 Å². The fourth-order valence-electron chi connectivity index (χ4n) is 4.64. The molecule has 1 fully saturated rings. The van der Waals surface area contributed by atoms with Crippen LogP contribution < -0.4 is 4.90 Å². The molecule has 0 bridgehead atoms. The Kier molecular flexibility index (Phi) is 5.99. The zero-order valence-corrected chi connectivity index (χ0v) is 18.1. The second kappa shape index (κ2) is 9.37. The highest BCUT2D eigenvalue weighted by Gasteiger charge is 2.23. The standard InChI is InChI=1S/C27H28N4O/c32-18-15-23-13-7-8-17-30(23)25-19-24-14-16-28-31(24)26(20-25)29-27(21-9-3-1-4-10-21)22-11-5-2-6-12-22/h1-6,9-12,14,16,19-20,23,32H,7-8,13,15,17-18H2. The van der Waals surface area contributed by atoms with Crippen molar-refractivity contribution in [1.82, 2.24) is 9.61 Å². The normalized spacial score (nSPS) is 16.3.